The molecule has 0 unspecified atom stereocenters. The van der Waals surface area contributed by atoms with Crippen LogP contribution in [0.1, 0.15) is 65.3 Å². The van der Waals surface area contributed by atoms with Gasteiger partial charge < -0.3 is 0 Å². The summed E-state index contributed by atoms with van der Waals surface area (Å²) in [4.78, 5) is 0. The third kappa shape index (κ3) is 3.86. The van der Waals surface area contributed by atoms with E-state index in [4.69, 9.17) is 0 Å². The second kappa shape index (κ2) is 5.82. The molecule has 122 valence electrons. The zero-order chi connectivity index (χ0) is 17.6. The molecule has 0 N–H and O–H groups in total. The second-order valence-electron chi connectivity index (χ2n) is 8.91. The number of hydrogen-bond donors (Lipinski definition) is 0. The molecule has 3 rings (SSSR count). The topological polar surface area (TPSA) is 0 Å². The lowest BCUT2D eigenvalue weighted by molar-refractivity contribution is 0.0969. The molecule has 0 spiro atoms. The van der Waals surface area contributed by atoms with Gasteiger partial charge in [0.25, 0.3) is 0 Å². The molecule has 0 bridgehead atoms. The van der Waals surface area contributed by atoms with Crippen molar-refractivity contribution < 1.29 is 1.37 Å². The van der Waals surface area contributed by atoms with Crippen LogP contribution in [0.2, 0.25) is 0 Å². The summed E-state index contributed by atoms with van der Waals surface area (Å²) in [5, 5.41) is 0. The Morgan fingerprint density at radius 1 is 0.783 bits per heavy atom. The predicted octanol–water partition coefficient (Wildman–Crippen LogP) is 6.98. The van der Waals surface area contributed by atoms with Crippen molar-refractivity contribution in [2.45, 2.75) is 59.8 Å². The van der Waals surface area contributed by atoms with Crippen LogP contribution in [0.4, 0.5) is 0 Å². The average Bonchev–Trinajstić information content (AvgIpc) is 2.44. The Bertz CT molecular complexity index is 689. The van der Waals surface area contributed by atoms with E-state index in [1.165, 1.54) is 28.7 Å². The summed E-state index contributed by atoms with van der Waals surface area (Å²) in [6.07, 6.45) is 3.07. The number of rotatable bonds is 2. The smallest absolute Gasteiger partial charge is 0.0353 e. The fourth-order valence-corrected chi connectivity index (χ4v) is 4.49. The Morgan fingerprint density at radius 2 is 1.22 bits per heavy atom. The first kappa shape index (κ1) is 15.0. The van der Waals surface area contributed by atoms with Crippen LogP contribution in [0.15, 0.2) is 48.5 Å². The fraction of sp³-hybridized carbons (Fsp3) is 0.478. The molecule has 0 aromatic heterocycles. The van der Waals surface area contributed by atoms with Crippen molar-refractivity contribution in [2.24, 2.45) is 10.8 Å². The number of aryl methyl sites for hydroxylation is 1. The summed E-state index contributed by atoms with van der Waals surface area (Å²) in [5.41, 5.74) is 5.37. The largest absolute Gasteiger partial charge is 0.0599 e. The van der Waals surface area contributed by atoms with E-state index in [-0.39, 0.29) is 10.8 Å². The predicted molar refractivity (Wildman–Crippen MR) is 101 cm³/mol. The van der Waals surface area contributed by atoms with Crippen molar-refractivity contribution in [3.8, 4) is 11.1 Å². The molecule has 1 aliphatic carbocycles. The van der Waals surface area contributed by atoms with Crippen molar-refractivity contribution >= 4 is 0 Å². The van der Waals surface area contributed by atoms with Crippen molar-refractivity contribution in [3.05, 3.63) is 59.7 Å². The monoisotopic (exact) mass is 307 g/mol. The van der Waals surface area contributed by atoms with Crippen molar-refractivity contribution in [3.63, 3.8) is 0 Å². The molecule has 0 amide bonds. The molecule has 0 saturated heterocycles. The van der Waals surface area contributed by atoms with Gasteiger partial charge in [-0.2, -0.15) is 0 Å². The van der Waals surface area contributed by atoms with Gasteiger partial charge in [-0.25, -0.2) is 0 Å². The maximum Gasteiger partial charge on any atom is 0.0353 e. The third-order valence-electron chi connectivity index (χ3n) is 5.02. The standard InChI is InChI=1S/C23H30/c1-17-6-8-18(9-7-17)19-10-12-20(13-11-19)21-14-22(2,3)16-23(4,5)15-21/h6-13,21H,14-16H2,1-5H3/i21D. The van der Waals surface area contributed by atoms with E-state index in [0.717, 1.165) is 12.8 Å². The van der Waals surface area contributed by atoms with Gasteiger partial charge in [-0.15, -0.1) is 0 Å². The summed E-state index contributed by atoms with van der Waals surface area (Å²) in [5.74, 6) is -0.475. The van der Waals surface area contributed by atoms with Gasteiger partial charge in [0.2, 0.25) is 0 Å². The molecule has 0 heteroatoms. The fourth-order valence-electron chi connectivity index (χ4n) is 4.49. The Hall–Kier alpha value is -1.56. The highest BCUT2D eigenvalue weighted by Crippen LogP contribution is 2.51. The first-order valence-electron chi connectivity index (χ1n) is 9.26. The molecule has 2 aromatic rings. The minimum Gasteiger partial charge on any atom is -0.0599 e. The number of benzene rings is 2. The maximum absolute atomic E-state index is 9.18. The Morgan fingerprint density at radius 3 is 1.70 bits per heavy atom. The summed E-state index contributed by atoms with van der Waals surface area (Å²) in [7, 11) is 0. The molecule has 1 fully saturated rings. The average molecular weight is 307 g/mol. The molecular formula is C23H30. The summed E-state index contributed by atoms with van der Waals surface area (Å²) in [6, 6.07) is 17.4. The summed E-state index contributed by atoms with van der Waals surface area (Å²) < 4.78 is 9.18. The molecule has 0 radical (unpaired) electrons. The molecule has 0 heterocycles. The van der Waals surface area contributed by atoms with Crippen LogP contribution in [-0.2, 0) is 0 Å². The van der Waals surface area contributed by atoms with Gasteiger partial charge in [-0.1, -0.05) is 81.8 Å². The summed E-state index contributed by atoms with van der Waals surface area (Å²) in [6.45, 7) is 11.4. The molecule has 0 atom stereocenters. The van der Waals surface area contributed by atoms with E-state index in [9.17, 15) is 1.37 Å². The quantitative estimate of drug-likeness (QED) is 0.561. The highest BCUT2D eigenvalue weighted by atomic mass is 14.4. The van der Waals surface area contributed by atoms with Crippen LogP contribution in [0.5, 0.6) is 0 Å². The minimum atomic E-state index is -0.475. The minimum absolute atomic E-state index is 0.221. The van der Waals surface area contributed by atoms with Crippen LogP contribution in [-0.4, -0.2) is 0 Å². The zero-order valence-electron chi connectivity index (χ0n) is 16.2. The lowest BCUT2D eigenvalue weighted by atomic mass is 9.60. The lowest BCUT2D eigenvalue weighted by Crippen LogP contribution is -2.32. The van der Waals surface area contributed by atoms with E-state index in [2.05, 4.69) is 83.1 Å². The third-order valence-corrected chi connectivity index (χ3v) is 5.02. The van der Waals surface area contributed by atoms with E-state index in [1.807, 2.05) is 0 Å². The van der Waals surface area contributed by atoms with E-state index >= 15 is 0 Å². The van der Waals surface area contributed by atoms with E-state index in [1.54, 1.807) is 0 Å². The number of hydrogen-bond acceptors (Lipinski definition) is 0. The van der Waals surface area contributed by atoms with Gasteiger partial charge >= 0.3 is 0 Å². The SMILES string of the molecule is [2H]C1(c2ccc(-c3ccc(C)cc3)cc2)CC(C)(C)CC(C)(C)C1. The van der Waals surface area contributed by atoms with Gasteiger partial charge in [0.1, 0.15) is 0 Å². The summed E-state index contributed by atoms with van der Waals surface area (Å²) >= 11 is 0. The van der Waals surface area contributed by atoms with Gasteiger partial charge in [0, 0.05) is 1.37 Å². The highest BCUT2D eigenvalue weighted by Gasteiger charge is 2.38. The molecule has 0 aliphatic heterocycles. The Labute approximate surface area is 143 Å². The van der Waals surface area contributed by atoms with E-state index in [0.29, 0.717) is 0 Å². The van der Waals surface area contributed by atoms with Crippen molar-refractivity contribution in [1.29, 1.82) is 0 Å². The molecule has 2 aromatic carbocycles. The first-order chi connectivity index (χ1) is 11.1. The zero-order valence-corrected chi connectivity index (χ0v) is 15.2. The second-order valence-corrected chi connectivity index (χ2v) is 8.91. The van der Waals surface area contributed by atoms with Gasteiger partial charge in [-0.3, -0.25) is 0 Å². The molecule has 1 aliphatic rings. The Kier molecular flexibility index (Phi) is 3.79. The van der Waals surface area contributed by atoms with Crippen molar-refractivity contribution in [1.82, 2.24) is 0 Å². The lowest BCUT2D eigenvalue weighted by Gasteiger charge is -2.45. The maximum atomic E-state index is 9.18. The normalized spacial score (nSPS) is 22.4. The van der Waals surface area contributed by atoms with Crippen LogP contribution in [0.3, 0.4) is 0 Å². The first-order valence-corrected chi connectivity index (χ1v) is 8.76. The molecule has 23 heavy (non-hydrogen) atoms. The van der Waals surface area contributed by atoms with Gasteiger partial charge in [-0.05, 0) is 59.6 Å². The molecular weight excluding hydrogens is 276 g/mol. The van der Waals surface area contributed by atoms with Gasteiger partial charge in [0.15, 0.2) is 0 Å². The van der Waals surface area contributed by atoms with E-state index < -0.39 is 5.89 Å². The highest BCUT2D eigenvalue weighted by molar-refractivity contribution is 5.64. The Balaban J connectivity index is 1.91. The van der Waals surface area contributed by atoms with Crippen LogP contribution in [0, 0.1) is 17.8 Å². The van der Waals surface area contributed by atoms with Crippen LogP contribution >= 0.6 is 0 Å². The van der Waals surface area contributed by atoms with Crippen LogP contribution in [0.25, 0.3) is 11.1 Å². The van der Waals surface area contributed by atoms with Crippen LogP contribution < -0.4 is 0 Å². The van der Waals surface area contributed by atoms with Crippen molar-refractivity contribution in [2.75, 3.05) is 0 Å². The van der Waals surface area contributed by atoms with Gasteiger partial charge in [0.05, 0.1) is 0 Å². The molecule has 0 nitrogen and oxygen atoms in total. The molecule has 1 saturated carbocycles.